The highest BCUT2D eigenvalue weighted by molar-refractivity contribution is 5.49. The molecule has 0 aliphatic carbocycles. The lowest BCUT2D eigenvalue weighted by molar-refractivity contribution is -0.149. The summed E-state index contributed by atoms with van der Waals surface area (Å²) in [7, 11) is 0. The van der Waals surface area contributed by atoms with Crippen LogP contribution in [-0.2, 0) is 21.9 Å². The summed E-state index contributed by atoms with van der Waals surface area (Å²) >= 11 is 0. The van der Waals surface area contributed by atoms with Crippen molar-refractivity contribution in [3.8, 4) is 11.5 Å². The Morgan fingerprint density at radius 2 is 1.60 bits per heavy atom. The van der Waals surface area contributed by atoms with Crippen LogP contribution in [0, 0.1) is 0 Å². The molecule has 1 aliphatic heterocycles. The molecule has 5 heteroatoms. The topological polar surface area (TPSA) is 57.2 Å². The van der Waals surface area contributed by atoms with Gasteiger partial charge in [-0.3, -0.25) is 0 Å². The molecule has 0 atom stereocenters. The molecule has 0 bridgehead atoms. The van der Waals surface area contributed by atoms with Crippen LogP contribution in [0.2, 0.25) is 0 Å². The van der Waals surface area contributed by atoms with E-state index < -0.39 is 5.79 Å². The Morgan fingerprint density at radius 1 is 1.10 bits per heavy atom. The van der Waals surface area contributed by atoms with Gasteiger partial charge in [-0.25, -0.2) is 0 Å². The van der Waals surface area contributed by atoms with Gasteiger partial charge in [0.2, 0.25) is 0 Å². The number of aliphatic hydroxyl groups is 1. The third kappa shape index (κ3) is 2.90. The second-order valence-corrected chi connectivity index (χ2v) is 4.62. The monoisotopic (exact) mass is 282 g/mol. The fourth-order valence-corrected chi connectivity index (χ4v) is 2.29. The minimum atomic E-state index is -0.786. The Kier molecular flexibility index (Phi) is 4.86. The van der Waals surface area contributed by atoms with Crippen LogP contribution in [-0.4, -0.2) is 31.5 Å². The van der Waals surface area contributed by atoms with E-state index in [0.29, 0.717) is 43.5 Å². The molecule has 1 aromatic rings. The second-order valence-electron chi connectivity index (χ2n) is 4.62. The molecule has 1 aromatic carbocycles. The first-order valence-corrected chi connectivity index (χ1v) is 6.96. The molecule has 5 nitrogen and oxygen atoms in total. The normalized spacial score (nSPS) is 17.2. The highest BCUT2D eigenvalue weighted by Gasteiger charge is 2.34. The Balaban J connectivity index is 2.47. The molecule has 0 unspecified atom stereocenters. The maximum Gasteiger partial charge on any atom is 0.192 e. The molecule has 1 aliphatic rings. The lowest BCUT2D eigenvalue weighted by Gasteiger charge is -2.25. The largest absolute Gasteiger partial charge is 0.493 e. The lowest BCUT2D eigenvalue weighted by Crippen LogP contribution is -2.23. The first kappa shape index (κ1) is 15.1. The summed E-state index contributed by atoms with van der Waals surface area (Å²) in [6.45, 7) is 7.69. The van der Waals surface area contributed by atoms with Crippen LogP contribution in [0.3, 0.4) is 0 Å². The van der Waals surface area contributed by atoms with E-state index in [1.165, 1.54) is 0 Å². The van der Waals surface area contributed by atoms with E-state index in [9.17, 15) is 5.11 Å². The SMILES string of the molecule is CCOc1cc(C2(C)OCCO2)cc(OCC)c1CO. The summed E-state index contributed by atoms with van der Waals surface area (Å²) in [6.07, 6.45) is 0. The van der Waals surface area contributed by atoms with Crippen LogP contribution in [0.5, 0.6) is 11.5 Å². The van der Waals surface area contributed by atoms with Crippen LogP contribution in [0.4, 0.5) is 0 Å². The molecule has 0 amide bonds. The highest BCUT2D eigenvalue weighted by atomic mass is 16.7. The van der Waals surface area contributed by atoms with E-state index in [-0.39, 0.29) is 6.61 Å². The molecule has 112 valence electrons. The molecule has 0 saturated carbocycles. The van der Waals surface area contributed by atoms with Crippen LogP contribution >= 0.6 is 0 Å². The van der Waals surface area contributed by atoms with Crippen LogP contribution < -0.4 is 9.47 Å². The summed E-state index contributed by atoms with van der Waals surface area (Å²) in [6, 6.07) is 3.70. The fourth-order valence-electron chi connectivity index (χ4n) is 2.29. The Bertz CT molecular complexity index is 425. The maximum absolute atomic E-state index is 9.55. The van der Waals surface area contributed by atoms with Crippen molar-refractivity contribution in [2.24, 2.45) is 0 Å². The van der Waals surface area contributed by atoms with Crippen molar-refractivity contribution in [3.05, 3.63) is 23.3 Å². The summed E-state index contributed by atoms with van der Waals surface area (Å²) < 4.78 is 22.6. The lowest BCUT2D eigenvalue weighted by atomic mass is 10.0. The van der Waals surface area contributed by atoms with E-state index in [1.54, 1.807) is 0 Å². The third-order valence-corrected chi connectivity index (χ3v) is 3.29. The zero-order valence-corrected chi connectivity index (χ0v) is 12.3. The van der Waals surface area contributed by atoms with Crippen molar-refractivity contribution in [1.29, 1.82) is 0 Å². The van der Waals surface area contributed by atoms with Gasteiger partial charge in [0.1, 0.15) is 11.5 Å². The average molecular weight is 282 g/mol. The molecule has 1 heterocycles. The highest BCUT2D eigenvalue weighted by Crippen LogP contribution is 2.38. The van der Waals surface area contributed by atoms with Gasteiger partial charge in [-0.05, 0) is 32.9 Å². The molecular formula is C15H22O5. The molecule has 20 heavy (non-hydrogen) atoms. The fraction of sp³-hybridized carbons (Fsp3) is 0.600. The first-order chi connectivity index (χ1) is 9.64. The van der Waals surface area contributed by atoms with Gasteiger partial charge in [0.25, 0.3) is 0 Å². The van der Waals surface area contributed by atoms with Crippen molar-refractivity contribution in [2.75, 3.05) is 26.4 Å². The van der Waals surface area contributed by atoms with Gasteiger partial charge in [0, 0.05) is 5.56 Å². The third-order valence-electron chi connectivity index (χ3n) is 3.29. The number of hydrogen-bond acceptors (Lipinski definition) is 5. The minimum Gasteiger partial charge on any atom is -0.493 e. The minimum absolute atomic E-state index is 0.136. The number of aliphatic hydroxyl groups excluding tert-OH is 1. The van der Waals surface area contributed by atoms with Crippen molar-refractivity contribution in [3.63, 3.8) is 0 Å². The number of benzene rings is 1. The Hall–Kier alpha value is -1.30. The van der Waals surface area contributed by atoms with Gasteiger partial charge in [0.05, 0.1) is 38.6 Å². The zero-order chi connectivity index (χ0) is 14.6. The predicted molar refractivity (Wildman–Crippen MR) is 74.0 cm³/mol. The van der Waals surface area contributed by atoms with Gasteiger partial charge >= 0.3 is 0 Å². The number of hydrogen-bond donors (Lipinski definition) is 1. The quantitative estimate of drug-likeness (QED) is 0.866. The summed E-state index contributed by atoms with van der Waals surface area (Å²) in [5, 5.41) is 9.55. The molecule has 1 saturated heterocycles. The van der Waals surface area contributed by atoms with Crippen molar-refractivity contribution in [2.45, 2.75) is 33.2 Å². The van der Waals surface area contributed by atoms with Crippen LogP contribution in [0.15, 0.2) is 12.1 Å². The summed E-state index contributed by atoms with van der Waals surface area (Å²) in [5.41, 5.74) is 1.48. The molecule has 1 N–H and O–H groups in total. The van der Waals surface area contributed by atoms with Gasteiger partial charge in [-0.15, -0.1) is 0 Å². The second kappa shape index (κ2) is 6.43. The standard InChI is InChI=1S/C15H22O5/c1-4-17-13-8-11(15(3)19-6-7-20-15)9-14(18-5-2)12(13)10-16/h8-9,16H,4-7,10H2,1-3H3. The molecule has 0 aromatic heterocycles. The van der Waals surface area contributed by atoms with Gasteiger partial charge in [-0.2, -0.15) is 0 Å². The first-order valence-electron chi connectivity index (χ1n) is 6.96. The van der Waals surface area contributed by atoms with Gasteiger partial charge in [-0.1, -0.05) is 0 Å². The van der Waals surface area contributed by atoms with Crippen LogP contribution in [0.1, 0.15) is 31.9 Å². The van der Waals surface area contributed by atoms with E-state index in [4.69, 9.17) is 18.9 Å². The smallest absolute Gasteiger partial charge is 0.192 e. The maximum atomic E-state index is 9.55. The number of rotatable bonds is 6. The van der Waals surface area contributed by atoms with Crippen molar-refractivity contribution in [1.82, 2.24) is 0 Å². The Morgan fingerprint density at radius 3 is 2.00 bits per heavy atom. The van der Waals surface area contributed by atoms with Crippen LogP contribution in [0.25, 0.3) is 0 Å². The van der Waals surface area contributed by atoms with Gasteiger partial charge < -0.3 is 24.1 Å². The molecule has 0 spiro atoms. The van der Waals surface area contributed by atoms with Gasteiger partial charge in [0.15, 0.2) is 5.79 Å². The van der Waals surface area contributed by atoms with Crippen molar-refractivity contribution >= 4 is 0 Å². The molecule has 0 radical (unpaired) electrons. The average Bonchev–Trinajstić information content (AvgIpc) is 2.87. The van der Waals surface area contributed by atoms with E-state index in [1.807, 2.05) is 32.9 Å². The molecule has 2 rings (SSSR count). The molecular weight excluding hydrogens is 260 g/mol. The Labute approximate surface area is 119 Å². The van der Waals surface area contributed by atoms with E-state index >= 15 is 0 Å². The number of ether oxygens (including phenoxy) is 4. The zero-order valence-electron chi connectivity index (χ0n) is 12.3. The van der Waals surface area contributed by atoms with Crippen molar-refractivity contribution < 1.29 is 24.1 Å². The molecule has 1 fully saturated rings. The van der Waals surface area contributed by atoms with E-state index in [0.717, 1.165) is 5.56 Å². The summed E-state index contributed by atoms with van der Waals surface area (Å²) in [4.78, 5) is 0. The van der Waals surface area contributed by atoms with E-state index in [2.05, 4.69) is 0 Å². The summed E-state index contributed by atoms with van der Waals surface area (Å²) in [5.74, 6) is 0.429. The predicted octanol–water partition coefficient (Wildman–Crippen LogP) is 2.20.